The Labute approximate surface area is 165 Å². The number of hydrogen-bond donors (Lipinski definition) is 0. The van der Waals surface area contributed by atoms with E-state index in [0.29, 0.717) is 35.7 Å². The number of aromatic nitrogens is 2. The molecular formula is C21H20F3N3O2. The van der Waals surface area contributed by atoms with Gasteiger partial charge in [-0.15, -0.1) is 0 Å². The van der Waals surface area contributed by atoms with E-state index in [-0.39, 0.29) is 22.9 Å². The molecule has 0 atom stereocenters. The molecule has 0 N–H and O–H groups in total. The summed E-state index contributed by atoms with van der Waals surface area (Å²) >= 11 is 0. The van der Waals surface area contributed by atoms with E-state index in [1.54, 1.807) is 17.9 Å². The van der Waals surface area contributed by atoms with Crippen molar-refractivity contribution in [2.75, 3.05) is 13.1 Å². The second kappa shape index (κ2) is 7.17. The quantitative estimate of drug-likeness (QED) is 0.595. The summed E-state index contributed by atoms with van der Waals surface area (Å²) in [5, 5.41) is 4.40. The average molecular weight is 403 g/mol. The van der Waals surface area contributed by atoms with Gasteiger partial charge in [-0.25, -0.2) is 4.98 Å². The predicted molar refractivity (Wildman–Crippen MR) is 101 cm³/mol. The summed E-state index contributed by atoms with van der Waals surface area (Å²) in [6.45, 7) is 4.84. The van der Waals surface area contributed by atoms with Crippen molar-refractivity contribution in [3.63, 3.8) is 0 Å². The van der Waals surface area contributed by atoms with E-state index in [0.717, 1.165) is 25.0 Å². The summed E-state index contributed by atoms with van der Waals surface area (Å²) in [6.07, 6.45) is -2.25. The number of hydrogen-bond acceptors (Lipinski definition) is 4. The number of pyridine rings is 1. The second-order valence-electron chi connectivity index (χ2n) is 7.37. The van der Waals surface area contributed by atoms with E-state index in [4.69, 9.17) is 4.52 Å². The van der Waals surface area contributed by atoms with Crippen molar-refractivity contribution < 1.29 is 22.5 Å². The first kappa shape index (κ1) is 19.4. The van der Waals surface area contributed by atoms with Gasteiger partial charge in [0, 0.05) is 18.7 Å². The van der Waals surface area contributed by atoms with Crippen LogP contribution in [0.4, 0.5) is 13.2 Å². The Balaban J connectivity index is 1.82. The van der Waals surface area contributed by atoms with Gasteiger partial charge in [-0.05, 0) is 50.8 Å². The molecule has 0 spiro atoms. The minimum absolute atomic E-state index is 0.142. The summed E-state index contributed by atoms with van der Waals surface area (Å²) in [6, 6.07) is 6.42. The topological polar surface area (TPSA) is 59.2 Å². The van der Waals surface area contributed by atoms with Crippen molar-refractivity contribution in [2.45, 2.75) is 32.9 Å². The Bertz CT molecular complexity index is 1070. The van der Waals surface area contributed by atoms with Crippen LogP contribution in [0, 0.1) is 12.8 Å². The van der Waals surface area contributed by atoms with Gasteiger partial charge in [-0.1, -0.05) is 17.3 Å². The molecule has 152 valence electrons. The number of aryl methyl sites for hydroxylation is 1. The Morgan fingerprint density at radius 2 is 2.03 bits per heavy atom. The van der Waals surface area contributed by atoms with Crippen LogP contribution in [0.1, 0.15) is 41.4 Å². The van der Waals surface area contributed by atoms with Gasteiger partial charge < -0.3 is 9.42 Å². The Morgan fingerprint density at radius 3 is 2.69 bits per heavy atom. The number of carbonyl (C=O) groups is 1. The fourth-order valence-electron chi connectivity index (χ4n) is 3.40. The van der Waals surface area contributed by atoms with Crippen molar-refractivity contribution in [1.29, 1.82) is 0 Å². The van der Waals surface area contributed by atoms with Crippen molar-refractivity contribution in [1.82, 2.24) is 15.0 Å². The number of nitrogens with zero attached hydrogens (tertiary/aromatic N) is 3. The number of carbonyl (C=O) groups excluding carboxylic acids is 1. The molecule has 29 heavy (non-hydrogen) atoms. The molecule has 1 aromatic carbocycles. The van der Waals surface area contributed by atoms with Crippen LogP contribution in [0.2, 0.25) is 0 Å². The Kier molecular flexibility index (Phi) is 4.80. The van der Waals surface area contributed by atoms with Gasteiger partial charge in [0.15, 0.2) is 0 Å². The van der Waals surface area contributed by atoms with Gasteiger partial charge in [0.2, 0.25) is 0 Å². The number of amides is 1. The molecule has 0 unspecified atom stereocenters. The van der Waals surface area contributed by atoms with E-state index < -0.39 is 11.7 Å². The number of rotatable bonds is 5. The number of benzene rings is 1. The molecule has 5 nitrogen and oxygen atoms in total. The molecule has 1 fully saturated rings. The average Bonchev–Trinajstić information content (AvgIpc) is 3.45. The van der Waals surface area contributed by atoms with Gasteiger partial charge in [0.05, 0.1) is 27.9 Å². The lowest BCUT2D eigenvalue weighted by molar-refractivity contribution is -0.137. The molecule has 0 bridgehead atoms. The van der Waals surface area contributed by atoms with Crippen LogP contribution in [-0.4, -0.2) is 34.0 Å². The summed E-state index contributed by atoms with van der Waals surface area (Å²) in [4.78, 5) is 19.3. The fourth-order valence-corrected chi connectivity index (χ4v) is 3.40. The van der Waals surface area contributed by atoms with E-state index >= 15 is 0 Å². The van der Waals surface area contributed by atoms with Gasteiger partial charge in [-0.3, -0.25) is 4.79 Å². The Hall–Kier alpha value is -2.90. The van der Waals surface area contributed by atoms with Crippen LogP contribution >= 0.6 is 0 Å². The van der Waals surface area contributed by atoms with Gasteiger partial charge in [0.25, 0.3) is 11.6 Å². The molecule has 1 saturated carbocycles. The zero-order valence-electron chi connectivity index (χ0n) is 16.1. The SMILES string of the molecule is CCN(CC1CC1)C(=O)c1cc(-c2cccc(C(F)(F)F)c2)nc2onc(C)c12. The first-order valence-electron chi connectivity index (χ1n) is 9.52. The van der Waals surface area contributed by atoms with Crippen LogP contribution in [0.15, 0.2) is 34.9 Å². The maximum absolute atomic E-state index is 13.3. The van der Waals surface area contributed by atoms with Crippen molar-refractivity contribution in [3.05, 3.63) is 47.2 Å². The normalized spacial score (nSPS) is 14.4. The zero-order valence-corrected chi connectivity index (χ0v) is 16.1. The van der Waals surface area contributed by atoms with E-state index in [2.05, 4.69) is 10.1 Å². The van der Waals surface area contributed by atoms with Gasteiger partial charge in [0.1, 0.15) is 0 Å². The first-order chi connectivity index (χ1) is 13.8. The lowest BCUT2D eigenvalue weighted by Gasteiger charge is -2.21. The van der Waals surface area contributed by atoms with E-state index in [9.17, 15) is 18.0 Å². The van der Waals surface area contributed by atoms with Crippen LogP contribution in [0.5, 0.6) is 0 Å². The fraction of sp³-hybridized carbons (Fsp3) is 0.381. The molecule has 1 aliphatic rings. The highest BCUT2D eigenvalue weighted by Gasteiger charge is 2.31. The molecule has 4 rings (SSSR count). The molecule has 2 aromatic heterocycles. The maximum atomic E-state index is 13.3. The van der Waals surface area contributed by atoms with Crippen molar-refractivity contribution in [3.8, 4) is 11.3 Å². The zero-order chi connectivity index (χ0) is 20.8. The molecule has 2 heterocycles. The van der Waals surface area contributed by atoms with Crippen molar-refractivity contribution >= 4 is 17.0 Å². The van der Waals surface area contributed by atoms with Crippen LogP contribution in [0.3, 0.4) is 0 Å². The third-order valence-corrected chi connectivity index (χ3v) is 5.18. The van der Waals surface area contributed by atoms with E-state index in [1.807, 2.05) is 6.92 Å². The minimum atomic E-state index is -4.47. The highest BCUT2D eigenvalue weighted by Crippen LogP contribution is 2.34. The number of fused-ring (bicyclic) bond motifs is 1. The predicted octanol–water partition coefficient (Wildman–Crippen LogP) is 5.09. The highest BCUT2D eigenvalue weighted by molar-refractivity contribution is 6.07. The van der Waals surface area contributed by atoms with Crippen LogP contribution < -0.4 is 0 Å². The lowest BCUT2D eigenvalue weighted by atomic mass is 10.0. The highest BCUT2D eigenvalue weighted by atomic mass is 19.4. The monoisotopic (exact) mass is 403 g/mol. The molecule has 8 heteroatoms. The molecule has 3 aromatic rings. The van der Waals surface area contributed by atoms with Gasteiger partial charge >= 0.3 is 6.18 Å². The summed E-state index contributed by atoms with van der Waals surface area (Å²) < 4.78 is 44.6. The molecule has 1 aliphatic carbocycles. The second-order valence-corrected chi connectivity index (χ2v) is 7.37. The molecule has 0 radical (unpaired) electrons. The van der Waals surface area contributed by atoms with Gasteiger partial charge in [-0.2, -0.15) is 13.2 Å². The Morgan fingerprint density at radius 1 is 1.28 bits per heavy atom. The molecule has 0 aliphatic heterocycles. The van der Waals surface area contributed by atoms with Crippen LogP contribution in [0.25, 0.3) is 22.4 Å². The molecular weight excluding hydrogens is 383 g/mol. The summed E-state index contributed by atoms with van der Waals surface area (Å²) in [7, 11) is 0. The third-order valence-electron chi connectivity index (χ3n) is 5.18. The summed E-state index contributed by atoms with van der Waals surface area (Å²) in [5.74, 6) is 0.328. The minimum Gasteiger partial charge on any atom is -0.339 e. The molecule has 0 saturated heterocycles. The smallest absolute Gasteiger partial charge is 0.339 e. The first-order valence-corrected chi connectivity index (χ1v) is 9.52. The third kappa shape index (κ3) is 3.83. The molecule has 1 amide bonds. The van der Waals surface area contributed by atoms with E-state index in [1.165, 1.54) is 12.1 Å². The van der Waals surface area contributed by atoms with Crippen LogP contribution in [-0.2, 0) is 6.18 Å². The number of alkyl halides is 3. The largest absolute Gasteiger partial charge is 0.416 e. The van der Waals surface area contributed by atoms with Crippen molar-refractivity contribution in [2.24, 2.45) is 5.92 Å². The number of halogens is 3. The standard InChI is InChI=1S/C21H20F3N3O2/c1-3-27(11-13-7-8-13)20(28)16-10-17(25-19-18(16)12(2)26-29-19)14-5-4-6-15(9-14)21(22,23)24/h4-6,9-10,13H,3,7-8,11H2,1-2H3. The lowest BCUT2D eigenvalue weighted by Crippen LogP contribution is -2.33. The maximum Gasteiger partial charge on any atom is 0.416 e. The summed E-state index contributed by atoms with van der Waals surface area (Å²) in [5.41, 5.74) is 0.740.